The first-order valence-corrected chi connectivity index (χ1v) is 20.2. The number of fused-ring (bicyclic) bond motifs is 1. The van der Waals surface area contributed by atoms with E-state index in [1.165, 1.54) is 44.9 Å². The summed E-state index contributed by atoms with van der Waals surface area (Å²) >= 11 is 0. The van der Waals surface area contributed by atoms with Crippen molar-refractivity contribution in [2.75, 3.05) is 25.6 Å². The van der Waals surface area contributed by atoms with Crippen LogP contribution in [-0.4, -0.2) is 51.6 Å². The van der Waals surface area contributed by atoms with Gasteiger partial charge in [-0.1, -0.05) is 150 Å². The van der Waals surface area contributed by atoms with Gasteiger partial charge < -0.3 is 24.3 Å². The Morgan fingerprint density at radius 3 is 2.09 bits per heavy atom. The number of imidazole rings is 1. The minimum absolute atomic E-state index is 0.183. The Hall–Kier alpha value is -5.47. The number of nitrogens with zero attached hydrogens (tertiary/aromatic N) is 4. The van der Waals surface area contributed by atoms with Crippen LogP contribution in [0.4, 0.5) is 15.0 Å². The molecule has 0 aliphatic carbocycles. The van der Waals surface area contributed by atoms with E-state index in [9.17, 15) is 4.79 Å². The highest BCUT2D eigenvalue weighted by atomic mass is 19.1. The third-order valence-electron chi connectivity index (χ3n) is 11.0. The number of anilines is 1. The van der Waals surface area contributed by atoms with Crippen LogP contribution in [0.25, 0.3) is 11.2 Å². The number of carbonyl (C=O) groups excluding carboxylic acids is 1. The van der Waals surface area contributed by atoms with Gasteiger partial charge >= 0.3 is 12.2 Å². The molecule has 0 unspecified atom stereocenters. The molecule has 0 spiro atoms. The zero-order valence-electron chi connectivity index (χ0n) is 33.3. The van der Waals surface area contributed by atoms with Gasteiger partial charge in [0.2, 0.25) is 0 Å². The summed E-state index contributed by atoms with van der Waals surface area (Å²) in [6.45, 7) is 4.26. The largest absolute Gasteiger partial charge is 0.508 e. The normalized spacial score (nSPS) is 17.9. The van der Waals surface area contributed by atoms with Crippen LogP contribution < -0.4 is 10.1 Å². The molecular weight excluding hydrogens is 722 g/mol. The van der Waals surface area contributed by atoms with Crippen LogP contribution in [0.3, 0.4) is 0 Å². The van der Waals surface area contributed by atoms with Crippen LogP contribution in [0, 0.1) is 24.3 Å². The number of ether oxygens (including phenoxy) is 4. The highest BCUT2D eigenvalue weighted by Gasteiger charge is 2.48. The fourth-order valence-electron chi connectivity index (χ4n) is 7.72. The zero-order valence-corrected chi connectivity index (χ0v) is 33.3. The van der Waals surface area contributed by atoms with Crippen molar-refractivity contribution < 1.29 is 28.1 Å². The zero-order chi connectivity index (χ0) is 40.1. The maximum absolute atomic E-state index is 15.6. The molecule has 1 aliphatic rings. The average Bonchev–Trinajstić information content (AvgIpc) is 3.82. The molecule has 0 radical (unpaired) electrons. The first-order valence-electron chi connectivity index (χ1n) is 20.2. The second kappa shape index (κ2) is 19.6. The Balaban J connectivity index is 1.18. The number of carbonyl (C=O) groups is 1. The Bertz CT molecular complexity index is 2030. The summed E-state index contributed by atoms with van der Waals surface area (Å²) in [6.07, 6.45) is 17.5. The van der Waals surface area contributed by atoms with Crippen molar-refractivity contribution in [1.82, 2.24) is 19.5 Å². The van der Waals surface area contributed by atoms with Gasteiger partial charge in [0.05, 0.1) is 20.0 Å². The van der Waals surface area contributed by atoms with Crippen molar-refractivity contribution in [2.24, 2.45) is 5.92 Å². The van der Waals surface area contributed by atoms with E-state index in [4.69, 9.17) is 30.4 Å². The van der Waals surface area contributed by atoms with Crippen molar-refractivity contribution in [3.63, 3.8) is 0 Å². The number of hydrogen-bond donors (Lipinski definition) is 1. The molecule has 3 aromatic carbocycles. The number of methoxy groups -OCH3 is 1. The van der Waals surface area contributed by atoms with Gasteiger partial charge in [0.1, 0.15) is 24.1 Å². The van der Waals surface area contributed by atoms with E-state index in [0.717, 1.165) is 36.0 Å². The van der Waals surface area contributed by atoms with E-state index in [-0.39, 0.29) is 30.6 Å². The first-order chi connectivity index (χ1) is 27.8. The maximum atomic E-state index is 15.6. The molecule has 1 aliphatic heterocycles. The third kappa shape index (κ3) is 9.57. The van der Waals surface area contributed by atoms with Gasteiger partial charge in [0.25, 0.3) is 0 Å². The SMILES string of the molecule is C#C[C@]1(COC(=O)OCCCCCCCCCCCC)O[C@@H](n2cnc3c(NC(c4ccccc4)(c4ccccc4)c4ccc(OC)cc4)nc(F)nc32)C[C@@H]1C. The molecular formula is C46H54FN5O5. The predicted molar refractivity (Wildman–Crippen MR) is 219 cm³/mol. The molecule has 3 atom stereocenters. The number of halogens is 1. The first kappa shape index (κ1) is 41.2. The summed E-state index contributed by atoms with van der Waals surface area (Å²) in [5.41, 5.74) is 0.917. The lowest BCUT2D eigenvalue weighted by Gasteiger charge is -2.37. The van der Waals surface area contributed by atoms with Gasteiger partial charge in [-0.25, -0.2) is 9.78 Å². The quantitative estimate of drug-likeness (QED) is 0.0272. The molecule has 11 heteroatoms. The molecule has 1 saturated heterocycles. The second-order valence-corrected chi connectivity index (χ2v) is 14.8. The number of aromatic nitrogens is 4. The summed E-state index contributed by atoms with van der Waals surface area (Å²) in [7, 11) is 1.62. The van der Waals surface area contributed by atoms with Crippen molar-refractivity contribution >= 4 is 23.1 Å². The van der Waals surface area contributed by atoms with Crippen molar-refractivity contribution in [1.29, 1.82) is 0 Å². The second-order valence-electron chi connectivity index (χ2n) is 14.8. The van der Waals surface area contributed by atoms with Gasteiger partial charge in [-0.15, -0.1) is 6.42 Å². The predicted octanol–water partition coefficient (Wildman–Crippen LogP) is 10.4. The summed E-state index contributed by atoms with van der Waals surface area (Å²) in [5.74, 6) is 3.38. The lowest BCUT2D eigenvalue weighted by molar-refractivity contribution is -0.0824. The van der Waals surface area contributed by atoms with E-state index >= 15 is 4.39 Å². The Morgan fingerprint density at radius 2 is 1.49 bits per heavy atom. The number of benzene rings is 3. The van der Waals surface area contributed by atoms with Crippen LogP contribution in [0.2, 0.25) is 0 Å². The molecule has 300 valence electrons. The van der Waals surface area contributed by atoms with Crippen LogP contribution >= 0.6 is 0 Å². The lowest BCUT2D eigenvalue weighted by Crippen LogP contribution is -2.39. The van der Waals surface area contributed by atoms with E-state index < -0.39 is 29.6 Å². The van der Waals surface area contributed by atoms with Crippen molar-refractivity contribution in [3.05, 3.63) is 114 Å². The topological polar surface area (TPSA) is 110 Å². The summed E-state index contributed by atoms with van der Waals surface area (Å²) in [4.78, 5) is 25.8. The minimum atomic E-state index is -1.24. The third-order valence-corrected chi connectivity index (χ3v) is 11.0. The molecule has 1 fully saturated rings. The van der Waals surface area contributed by atoms with Gasteiger partial charge in [-0.3, -0.25) is 4.57 Å². The van der Waals surface area contributed by atoms with Gasteiger partial charge in [-0.2, -0.15) is 14.4 Å². The molecule has 3 heterocycles. The summed E-state index contributed by atoms with van der Waals surface area (Å²) in [6, 6.07) is 27.5. The van der Waals surface area contributed by atoms with Crippen LogP contribution in [0.5, 0.6) is 5.75 Å². The number of hydrogen-bond acceptors (Lipinski definition) is 9. The molecule has 0 saturated carbocycles. The van der Waals surface area contributed by atoms with Gasteiger partial charge in [0.15, 0.2) is 22.6 Å². The Morgan fingerprint density at radius 1 is 0.895 bits per heavy atom. The number of terminal acetylenes is 1. The summed E-state index contributed by atoms with van der Waals surface area (Å²) < 4.78 is 40.1. The molecule has 1 N–H and O–H groups in total. The van der Waals surface area contributed by atoms with E-state index in [1.807, 2.05) is 91.9 Å². The van der Waals surface area contributed by atoms with Gasteiger partial charge in [-0.05, 0) is 41.7 Å². The van der Waals surface area contributed by atoms with Crippen LogP contribution in [-0.2, 0) is 19.7 Å². The number of rotatable bonds is 20. The molecule has 6 rings (SSSR count). The molecule has 0 amide bonds. The molecule has 5 aromatic rings. The van der Waals surface area contributed by atoms with E-state index in [0.29, 0.717) is 17.7 Å². The molecule has 2 aromatic heterocycles. The molecule has 0 bridgehead atoms. The van der Waals surface area contributed by atoms with Crippen molar-refractivity contribution in [3.8, 4) is 18.1 Å². The minimum Gasteiger partial charge on any atom is -0.497 e. The summed E-state index contributed by atoms with van der Waals surface area (Å²) in [5, 5.41) is 3.63. The lowest BCUT2D eigenvalue weighted by atomic mass is 9.77. The highest BCUT2D eigenvalue weighted by Crippen LogP contribution is 2.44. The molecule has 10 nitrogen and oxygen atoms in total. The Kier molecular flexibility index (Phi) is 14.2. The maximum Gasteiger partial charge on any atom is 0.508 e. The monoisotopic (exact) mass is 775 g/mol. The smallest absolute Gasteiger partial charge is 0.497 e. The van der Waals surface area contributed by atoms with E-state index in [1.54, 1.807) is 18.0 Å². The van der Waals surface area contributed by atoms with Crippen LogP contribution in [0.1, 0.15) is 107 Å². The molecule has 57 heavy (non-hydrogen) atoms. The fourth-order valence-corrected chi connectivity index (χ4v) is 7.72. The highest BCUT2D eigenvalue weighted by molar-refractivity contribution is 5.84. The van der Waals surface area contributed by atoms with Crippen LogP contribution in [0.15, 0.2) is 91.3 Å². The fraction of sp³-hybridized carbons (Fsp3) is 0.435. The van der Waals surface area contributed by atoms with Crippen molar-refractivity contribution in [2.45, 2.75) is 102 Å². The number of unbranched alkanes of at least 4 members (excludes halogenated alkanes) is 9. The average molecular weight is 776 g/mol. The standard InChI is InChI=1S/C46H54FN5O5/c1-5-7-8-9-10-11-12-13-14-21-30-55-44(53)56-32-45(6-2)34(3)31-39(57-45)52-33-48-40-41(49-43(47)50-42(40)52)51-46(35-22-17-15-18-23-35,36-24-19-16-20-25-36)37-26-28-38(54-4)29-27-37/h2,15-20,22-29,33-34,39H,5,7-14,21,30-32H2,1,3-4H3,(H,49,50,51)/t34-,39+,45+/m0/s1. The Labute approximate surface area is 335 Å². The van der Waals surface area contributed by atoms with Gasteiger partial charge in [0, 0.05) is 5.92 Å². The number of nitrogens with one attached hydrogen (secondary N) is 1. The van der Waals surface area contributed by atoms with E-state index in [2.05, 4.69) is 28.1 Å².